The number of aryl methyl sites for hydroxylation is 1. The Labute approximate surface area is 123 Å². The molecule has 1 heterocycles. The summed E-state index contributed by atoms with van der Waals surface area (Å²) in [6.45, 7) is 7.40. The van der Waals surface area contributed by atoms with Crippen LogP contribution >= 0.6 is 0 Å². The van der Waals surface area contributed by atoms with Crippen LogP contribution in [0.25, 0.3) is 0 Å². The summed E-state index contributed by atoms with van der Waals surface area (Å²) in [5, 5.41) is 0. The molecular formula is C17H28N2O. The maximum atomic E-state index is 6.46. The summed E-state index contributed by atoms with van der Waals surface area (Å²) in [6.07, 6.45) is 2.47. The topological polar surface area (TPSA) is 38.5 Å². The van der Waals surface area contributed by atoms with Crippen molar-refractivity contribution in [2.75, 3.05) is 13.7 Å². The van der Waals surface area contributed by atoms with Gasteiger partial charge in [-0.25, -0.2) is 0 Å². The van der Waals surface area contributed by atoms with Gasteiger partial charge in [0.05, 0.1) is 6.10 Å². The molecule has 2 N–H and O–H groups in total. The molecule has 0 spiro atoms. The van der Waals surface area contributed by atoms with E-state index in [1.807, 2.05) is 0 Å². The van der Waals surface area contributed by atoms with E-state index in [0.717, 1.165) is 19.4 Å². The molecule has 0 radical (unpaired) electrons. The summed E-state index contributed by atoms with van der Waals surface area (Å²) in [7, 11) is 2.17. The normalized spacial score (nSPS) is 25.9. The van der Waals surface area contributed by atoms with Gasteiger partial charge in [0, 0.05) is 24.7 Å². The second-order valence-electron chi connectivity index (χ2n) is 5.96. The Morgan fingerprint density at radius 2 is 2.00 bits per heavy atom. The molecule has 3 nitrogen and oxygen atoms in total. The Kier molecular flexibility index (Phi) is 5.19. The van der Waals surface area contributed by atoms with Crippen molar-refractivity contribution in [3.8, 4) is 0 Å². The van der Waals surface area contributed by atoms with E-state index < -0.39 is 0 Å². The molecule has 1 aliphatic rings. The lowest BCUT2D eigenvalue weighted by molar-refractivity contribution is 0.0654. The molecular weight excluding hydrogens is 248 g/mol. The highest BCUT2D eigenvalue weighted by atomic mass is 16.5. The Balaban J connectivity index is 2.04. The molecule has 3 heteroatoms. The maximum Gasteiger partial charge on any atom is 0.0703 e. The van der Waals surface area contributed by atoms with Crippen molar-refractivity contribution < 1.29 is 4.74 Å². The third-order valence-electron chi connectivity index (χ3n) is 4.79. The number of hydrogen-bond acceptors (Lipinski definition) is 3. The molecule has 1 aromatic rings. The van der Waals surface area contributed by atoms with E-state index in [1.165, 1.54) is 11.1 Å². The van der Waals surface area contributed by atoms with Crippen LogP contribution in [0, 0.1) is 0 Å². The lowest BCUT2D eigenvalue weighted by Gasteiger charge is -2.35. The van der Waals surface area contributed by atoms with Gasteiger partial charge >= 0.3 is 0 Å². The lowest BCUT2D eigenvalue weighted by Crippen LogP contribution is -2.46. The van der Waals surface area contributed by atoms with Gasteiger partial charge in [-0.15, -0.1) is 0 Å². The van der Waals surface area contributed by atoms with Crippen LogP contribution in [0.1, 0.15) is 44.4 Å². The SMILES string of the molecule is CCc1ccc(C(N)C(C)N(C)C2CCOC2C)cc1. The third kappa shape index (κ3) is 3.22. The van der Waals surface area contributed by atoms with E-state index in [1.54, 1.807) is 0 Å². The van der Waals surface area contributed by atoms with Gasteiger partial charge in [0.2, 0.25) is 0 Å². The molecule has 0 aliphatic carbocycles. The minimum absolute atomic E-state index is 0.0405. The predicted octanol–water partition coefficient (Wildman–Crippen LogP) is 2.75. The van der Waals surface area contributed by atoms with Gasteiger partial charge in [-0.05, 0) is 44.9 Å². The second-order valence-corrected chi connectivity index (χ2v) is 5.96. The van der Waals surface area contributed by atoms with Crippen LogP contribution in [0.2, 0.25) is 0 Å². The third-order valence-corrected chi connectivity index (χ3v) is 4.79. The largest absolute Gasteiger partial charge is 0.377 e. The van der Waals surface area contributed by atoms with Gasteiger partial charge in [-0.1, -0.05) is 31.2 Å². The van der Waals surface area contributed by atoms with Crippen LogP contribution in [0.15, 0.2) is 24.3 Å². The molecule has 20 heavy (non-hydrogen) atoms. The van der Waals surface area contributed by atoms with Crippen LogP contribution < -0.4 is 5.73 Å². The lowest BCUT2D eigenvalue weighted by atomic mass is 9.97. The maximum absolute atomic E-state index is 6.46. The van der Waals surface area contributed by atoms with Gasteiger partial charge in [-0.3, -0.25) is 4.90 Å². The molecule has 112 valence electrons. The zero-order valence-electron chi connectivity index (χ0n) is 13.2. The number of ether oxygens (including phenoxy) is 1. The van der Waals surface area contributed by atoms with Crippen LogP contribution in [-0.4, -0.2) is 36.7 Å². The zero-order valence-corrected chi connectivity index (χ0v) is 13.2. The van der Waals surface area contributed by atoms with E-state index in [0.29, 0.717) is 18.2 Å². The van der Waals surface area contributed by atoms with E-state index in [2.05, 4.69) is 57.0 Å². The first kappa shape index (κ1) is 15.5. The van der Waals surface area contributed by atoms with Gasteiger partial charge in [0.15, 0.2) is 0 Å². The number of rotatable bonds is 5. The zero-order chi connectivity index (χ0) is 14.7. The monoisotopic (exact) mass is 276 g/mol. The highest BCUT2D eigenvalue weighted by molar-refractivity contribution is 5.25. The fourth-order valence-corrected chi connectivity index (χ4v) is 3.06. The molecule has 0 bridgehead atoms. The standard InChI is InChI=1S/C17H28N2O/c1-5-14-6-8-15(9-7-14)17(18)12(2)19(4)16-10-11-20-13(16)3/h6-9,12-13,16-17H,5,10-11,18H2,1-4H3. The molecule has 4 unspecified atom stereocenters. The average Bonchev–Trinajstić information content (AvgIpc) is 2.91. The van der Waals surface area contributed by atoms with Gasteiger partial charge in [0.25, 0.3) is 0 Å². The van der Waals surface area contributed by atoms with Crippen LogP contribution in [0.4, 0.5) is 0 Å². The summed E-state index contributed by atoms with van der Waals surface area (Å²) in [6, 6.07) is 9.53. The average molecular weight is 276 g/mol. The molecule has 0 saturated carbocycles. The molecule has 1 fully saturated rings. The Morgan fingerprint density at radius 3 is 2.50 bits per heavy atom. The van der Waals surface area contributed by atoms with Crippen molar-refractivity contribution in [1.29, 1.82) is 0 Å². The van der Waals surface area contributed by atoms with Crippen LogP contribution in [-0.2, 0) is 11.2 Å². The fraction of sp³-hybridized carbons (Fsp3) is 0.647. The molecule has 2 rings (SSSR count). The van der Waals surface area contributed by atoms with Crippen molar-refractivity contribution in [3.05, 3.63) is 35.4 Å². The number of nitrogens with two attached hydrogens (primary N) is 1. The Bertz CT molecular complexity index is 418. The van der Waals surface area contributed by atoms with E-state index >= 15 is 0 Å². The van der Waals surface area contributed by atoms with Crippen LogP contribution in [0.3, 0.4) is 0 Å². The first-order valence-electron chi connectivity index (χ1n) is 7.72. The Hall–Kier alpha value is -0.900. The van der Waals surface area contributed by atoms with Crippen molar-refractivity contribution in [2.24, 2.45) is 5.73 Å². The smallest absolute Gasteiger partial charge is 0.0703 e. The van der Waals surface area contributed by atoms with Gasteiger partial charge < -0.3 is 10.5 Å². The van der Waals surface area contributed by atoms with Gasteiger partial charge in [-0.2, -0.15) is 0 Å². The molecule has 1 aromatic carbocycles. The van der Waals surface area contributed by atoms with Crippen molar-refractivity contribution in [2.45, 2.75) is 57.8 Å². The number of likely N-dealkylation sites (N-methyl/N-ethyl adjacent to an activating group) is 1. The number of nitrogens with zero attached hydrogens (tertiary/aromatic N) is 1. The summed E-state index contributed by atoms with van der Waals surface area (Å²) < 4.78 is 5.67. The summed E-state index contributed by atoms with van der Waals surface area (Å²) in [5.74, 6) is 0. The fourth-order valence-electron chi connectivity index (χ4n) is 3.06. The molecule has 0 aromatic heterocycles. The van der Waals surface area contributed by atoms with Crippen molar-refractivity contribution in [1.82, 2.24) is 4.90 Å². The summed E-state index contributed by atoms with van der Waals surface area (Å²) in [4.78, 5) is 2.38. The van der Waals surface area contributed by atoms with Gasteiger partial charge in [0.1, 0.15) is 0 Å². The summed E-state index contributed by atoms with van der Waals surface area (Å²) in [5.41, 5.74) is 9.04. The highest BCUT2D eigenvalue weighted by Gasteiger charge is 2.32. The summed E-state index contributed by atoms with van der Waals surface area (Å²) >= 11 is 0. The number of benzene rings is 1. The first-order chi connectivity index (χ1) is 9.54. The molecule has 1 saturated heterocycles. The molecule has 0 amide bonds. The predicted molar refractivity (Wildman–Crippen MR) is 83.8 cm³/mol. The highest BCUT2D eigenvalue weighted by Crippen LogP contribution is 2.25. The van der Waals surface area contributed by atoms with Crippen LogP contribution in [0.5, 0.6) is 0 Å². The minimum Gasteiger partial charge on any atom is -0.377 e. The van der Waals surface area contributed by atoms with E-state index in [4.69, 9.17) is 10.5 Å². The molecule has 1 aliphatic heterocycles. The quantitative estimate of drug-likeness (QED) is 0.898. The Morgan fingerprint density at radius 1 is 1.35 bits per heavy atom. The number of hydrogen-bond donors (Lipinski definition) is 1. The van der Waals surface area contributed by atoms with Crippen molar-refractivity contribution >= 4 is 0 Å². The van der Waals surface area contributed by atoms with Crippen molar-refractivity contribution in [3.63, 3.8) is 0 Å². The molecule has 4 atom stereocenters. The second kappa shape index (κ2) is 6.70. The minimum atomic E-state index is 0.0405. The van der Waals surface area contributed by atoms with E-state index in [9.17, 15) is 0 Å². The van der Waals surface area contributed by atoms with E-state index in [-0.39, 0.29) is 6.04 Å². The first-order valence-corrected chi connectivity index (χ1v) is 7.72.